The highest BCUT2D eigenvalue weighted by Crippen LogP contribution is 2.42. The maximum absolute atomic E-state index is 14.4. The van der Waals surface area contributed by atoms with Gasteiger partial charge in [-0.1, -0.05) is 24.3 Å². The number of carbonyl (C=O) groups excluding carboxylic acids is 1. The zero-order valence-corrected chi connectivity index (χ0v) is 20.2. The summed E-state index contributed by atoms with van der Waals surface area (Å²) in [5, 5.41) is 11.7. The number of nitrogens with zero attached hydrogens (tertiary/aromatic N) is 6. The van der Waals surface area contributed by atoms with Crippen molar-refractivity contribution in [3.8, 4) is 11.5 Å². The number of carbonyl (C=O) groups is 1. The molecule has 1 aliphatic rings. The fourth-order valence-corrected chi connectivity index (χ4v) is 4.50. The van der Waals surface area contributed by atoms with Crippen molar-refractivity contribution in [2.24, 2.45) is 0 Å². The van der Waals surface area contributed by atoms with E-state index in [0.717, 1.165) is 11.1 Å². The van der Waals surface area contributed by atoms with Gasteiger partial charge in [-0.05, 0) is 44.2 Å². The molecule has 4 aromatic heterocycles. The van der Waals surface area contributed by atoms with Gasteiger partial charge in [0.25, 0.3) is 0 Å². The first-order valence-corrected chi connectivity index (χ1v) is 11.8. The molecule has 1 amide bonds. The Kier molecular flexibility index (Phi) is 5.36. The van der Waals surface area contributed by atoms with E-state index in [-0.39, 0.29) is 18.3 Å². The second-order valence-corrected chi connectivity index (χ2v) is 9.35. The van der Waals surface area contributed by atoms with E-state index in [0.29, 0.717) is 46.5 Å². The molecule has 10 heteroatoms. The van der Waals surface area contributed by atoms with Crippen molar-refractivity contribution >= 4 is 28.6 Å². The van der Waals surface area contributed by atoms with Gasteiger partial charge in [-0.25, -0.2) is 24.0 Å². The monoisotopic (exact) mass is 494 g/mol. The fourth-order valence-electron chi connectivity index (χ4n) is 4.50. The van der Waals surface area contributed by atoms with Gasteiger partial charge in [0.15, 0.2) is 11.5 Å². The standard InChI is InChI=1S/C27H23FN8O/c1-27(2)20-22(31-14-17-9-5-6-12-29-17)32-24(33-23(20)34-26(27)37)21-18-10-7-13-30-25(18)36(35-21)15-16-8-3-4-11-19(16)28/h3-13H,14-15H2,1-2H3,(H2,31,32,33,34,37). The first-order chi connectivity index (χ1) is 17.9. The molecule has 0 spiro atoms. The molecule has 0 saturated carbocycles. The van der Waals surface area contributed by atoms with Gasteiger partial charge in [-0.2, -0.15) is 5.10 Å². The lowest BCUT2D eigenvalue weighted by Gasteiger charge is -2.19. The molecule has 37 heavy (non-hydrogen) atoms. The molecule has 0 atom stereocenters. The average molecular weight is 495 g/mol. The number of anilines is 2. The molecule has 2 N–H and O–H groups in total. The molecule has 1 aliphatic heterocycles. The van der Waals surface area contributed by atoms with Crippen LogP contribution < -0.4 is 10.6 Å². The van der Waals surface area contributed by atoms with Gasteiger partial charge in [0.05, 0.1) is 35.1 Å². The van der Waals surface area contributed by atoms with Crippen LogP contribution in [0.25, 0.3) is 22.6 Å². The minimum absolute atomic E-state index is 0.161. The SMILES string of the molecule is CC1(C)C(=O)Nc2nc(-c3nn(Cc4ccccc4F)c4ncccc34)nc(NCc3ccccn3)c21. The summed E-state index contributed by atoms with van der Waals surface area (Å²) in [6.45, 7) is 4.29. The molecule has 0 radical (unpaired) electrons. The van der Waals surface area contributed by atoms with Crippen LogP contribution in [0.15, 0.2) is 67.0 Å². The number of halogens is 1. The first kappa shape index (κ1) is 22.7. The van der Waals surface area contributed by atoms with Gasteiger partial charge in [0.1, 0.15) is 23.1 Å². The number of hydrogen-bond acceptors (Lipinski definition) is 7. The zero-order valence-electron chi connectivity index (χ0n) is 20.2. The van der Waals surface area contributed by atoms with Gasteiger partial charge in [-0.15, -0.1) is 0 Å². The summed E-state index contributed by atoms with van der Waals surface area (Å²) in [7, 11) is 0. The first-order valence-electron chi connectivity index (χ1n) is 11.8. The van der Waals surface area contributed by atoms with E-state index in [1.54, 1.807) is 41.3 Å². The van der Waals surface area contributed by atoms with Crippen LogP contribution in [0.5, 0.6) is 0 Å². The van der Waals surface area contributed by atoms with Crippen LogP contribution in [0.1, 0.15) is 30.7 Å². The summed E-state index contributed by atoms with van der Waals surface area (Å²) in [4.78, 5) is 31.2. The lowest BCUT2D eigenvalue weighted by Crippen LogP contribution is -2.27. The van der Waals surface area contributed by atoms with Gasteiger partial charge >= 0.3 is 0 Å². The van der Waals surface area contributed by atoms with E-state index in [2.05, 4.69) is 20.6 Å². The second kappa shape index (κ2) is 8.74. The summed E-state index contributed by atoms with van der Waals surface area (Å²) in [5.41, 5.74) is 2.25. The van der Waals surface area contributed by atoms with E-state index in [9.17, 15) is 9.18 Å². The van der Waals surface area contributed by atoms with E-state index in [4.69, 9.17) is 15.1 Å². The normalized spacial score (nSPS) is 14.0. The fraction of sp³-hybridized carbons (Fsp3) is 0.185. The number of fused-ring (bicyclic) bond motifs is 2. The molecule has 0 aliphatic carbocycles. The molecule has 0 saturated heterocycles. The van der Waals surface area contributed by atoms with Gasteiger partial charge in [0, 0.05) is 18.0 Å². The van der Waals surface area contributed by atoms with Crippen molar-refractivity contribution in [2.45, 2.75) is 32.4 Å². The number of hydrogen-bond donors (Lipinski definition) is 2. The van der Waals surface area contributed by atoms with Crippen molar-refractivity contribution in [3.05, 3.63) is 89.6 Å². The summed E-state index contributed by atoms with van der Waals surface area (Å²) in [5.74, 6) is 0.805. The maximum atomic E-state index is 14.4. The summed E-state index contributed by atoms with van der Waals surface area (Å²) in [6, 6.07) is 15.9. The van der Waals surface area contributed by atoms with Crippen molar-refractivity contribution in [3.63, 3.8) is 0 Å². The Balaban J connectivity index is 1.47. The van der Waals surface area contributed by atoms with Crippen LogP contribution in [0.3, 0.4) is 0 Å². The highest BCUT2D eigenvalue weighted by molar-refractivity contribution is 6.06. The summed E-state index contributed by atoms with van der Waals surface area (Å²) in [6.07, 6.45) is 3.39. The average Bonchev–Trinajstić information content (AvgIpc) is 3.38. The van der Waals surface area contributed by atoms with Crippen molar-refractivity contribution in [1.82, 2.24) is 29.7 Å². The van der Waals surface area contributed by atoms with Gasteiger partial charge in [-0.3, -0.25) is 9.78 Å². The van der Waals surface area contributed by atoms with Crippen LogP contribution in [-0.4, -0.2) is 35.6 Å². The number of amides is 1. The number of rotatable bonds is 6. The third-order valence-corrected chi connectivity index (χ3v) is 6.49. The molecular weight excluding hydrogens is 471 g/mol. The predicted octanol–water partition coefficient (Wildman–Crippen LogP) is 4.31. The molecule has 0 fully saturated rings. The van der Waals surface area contributed by atoms with Crippen LogP contribution in [0.2, 0.25) is 0 Å². The Morgan fingerprint density at radius 2 is 1.81 bits per heavy atom. The largest absolute Gasteiger partial charge is 0.364 e. The molecule has 1 aromatic carbocycles. The van der Waals surface area contributed by atoms with Crippen LogP contribution >= 0.6 is 0 Å². The Morgan fingerprint density at radius 1 is 1.00 bits per heavy atom. The zero-order chi connectivity index (χ0) is 25.6. The summed E-state index contributed by atoms with van der Waals surface area (Å²) < 4.78 is 16.0. The Labute approximate surface area is 211 Å². The lowest BCUT2D eigenvalue weighted by molar-refractivity contribution is -0.119. The molecule has 0 bridgehead atoms. The lowest BCUT2D eigenvalue weighted by atomic mass is 9.87. The van der Waals surface area contributed by atoms with Crippen molar-refractivity contribution in [2.75, 3.05) is 10.6 Å². The second-order valence-electron chi connectivity index (χ2n) is 9.35. The minimum Gasteiger partial charge on any atom is -0.364 e. The van der Waals surface area contributed by atoms with Gasteiger partial charge < -0.3 is 10.6 Å². The number of aromatic nitrogens is 6. The van der Waals surface area contributed by atoms with E-state index >= 15 is 0 Å². The van der Waals surface area contributed by atoms with Gasteiger partial charge in [0.2, 0.25) is 5.91 Å². The highest BCUT2D eigenvalue weighted by atomic mass is 19.1. The van der Waals surface area contributed by atoms with Crippen molar-refractivity contribution < 1.29 is 9.18 Å². The predicted molar refractivity (Wildman–Crippen MR) is 137 cm³/mol. The van der Waals surface area contributed by atoms with E-state index < -0.39 is 5.41 Å². The molecule has 5 heterocycles. The quantitative estimate of drug-likeness (QED) is 0.362. The topological polar surface area (TPSA) is 111 Å². The number of nitrogens with one attached hydrogen (secondary N) is 2. The number of pyridine rings is 2. The van der Waals surface area contributed by atoms with Crippen LogP contribution in [-0.2, 0) is 23.3 Å². The summed E-state index contributed by atoms with van der Waals surface area (Å²) >= 11 is 0. The smallest absolute Gasteiger partial charge is 0.235 e. The third kappa shape index (κ3) is 3.96. The molecule has 5 aromatic rings. The van der Waals surface area contributed by atoms with Crippen LogP contribution in [0.4, 0.5) is 16.0 Å². The molecule has 6 rings (SSSR count). The van der Waals surface area contributed by atoms with Crippen molar-refractivity contribution in [1.29, 1.82) is 0 Å². The molecule has 0 unspecified atom stereocenters. The molecule has 184 valence electrons. The highest BCUT2D eigenvalue weighted by Gasteiger charge is 2.43. The molecular formula is C27H23FN8O. The van der Waals surface area contributed by atoms with E-state index in [1.807, 2.05) is 38.1 Å². The number of benzene rings is 1. The Hall–Kier alpha value is -4.73. The maximum Gasteiger partial charge on any atom is 0.235 e. The van der Waals surface area contributed by atoms with E-state index in [1.165, 1.54) is 6.07 Å². The Morgan fingerprint density at radius 3 is 2.62 bits per heavy atom. The van der Waals surface area contributed by atoms with Crippen LogP contribution in [0, 0.1) is 5.82 Å². The Bertz CT molecular complexity index is 1650. The minimum atomic E-state index is -0.825. The molecule has 9 nitrogen and oxygen atoms in total. The third-order valence-electron chi connectivity index (χ3n) is 6.49.